The number of benzene rings is 2. The summed E-state index contributed by atoms with van der Waals surface area (Å²) in [5.41, 5.74) is 2.20. The van der Waals surface area contributed by atoms with E-state index in [4.69, 9.17) is 26.1 Å². The molecule has 1 heterocycles. The van der Waals surface area contributed by atoms with Gasteiger partial charge in [-0.25, -0.2) is 0 Å². The zero-order valence-corrected chi connectivity index (χ0v) is 17.9. The summed E-state index contributed by atoms with van der Waals surface area (Å²) < 4.78 is 11.3. The van der Waals surface area contributed by atoms with Gasteiger partial charge in [0.15, 0.2) is 0 Å². The van der Waals surface area contributed by atoms with Crippen LogP contribution in [0.3, 0.4) is 0 Å². The van der Waals surface area contributed by atoms with E-state index in [1.807, 2.05) is 37.3 Å². The average molecular weight is 413 g/mol. The fourth-order valence-electron chi connectivity index (χ4n) is 4.54. The van der Waals surface area contributed by atoms with E-state index >= 15 is 0 Å². The van der Waals surface area contributed by atoms with E-state index in [1.54, 1.807) is 7.11 Å². The van der Waals surface area contributed by atoms with Gasteiger partial charge in [-0.1, -0.05) is 49.4 Å². The van der Waals surface area contributed by atoms with Crippen LogP contribution in [0.2, 0.25) is 5.02 Å². The number of ether oxygens (including phenoxy) is 2. The summed E-state index contributed by atoms with van der Waals surface area (Å²) in [7, 11) is 1.69. The molecule has 2 unspecified atom stereocenters. The molecule has 0 radical (unpaired) electrons. The van der Waals surface area contributed by atoms with Gasteiger partial charge in [0.05, 0.1) is 31.4 Å². The maximum Gasteiger partial charge on any atom is 0.133 e. The van der Waals surface area contributed by atoms with Gasteiger partial charge in [-0.15, -0.1) is 0 Å². The molecule has 2 aromatic carbocycles. The first-order valence-electron chi connectivity index (χ1n) is 10.6. The van der Waals surface area contributed by atoms with Gasteiger partial charge in [0.1, 0.15) is 17.3 Å². The third-order valence-electron chi connectivity index (χ3n) is 5.99. The monoisotopic (exact) mass is 412 g/mol. The van der Waals surface area contributed by atoms with Crippen molar-refractivity contribution in [2.45, 2.75) is 51.1 Å². The number of halogens is 1. The Bertz CT molecular complexity index is 860. The predicted molar refractivity (Wildman–Crippen MR) is 118 cm³/mol. The predicted octanol–water partition coefficient (Wildman–Crippen LogP) is 5.79. The third kappa shape index (κ3) is 4.53. The number of hydrogen-bond donors (Lipinski definition) is 1. The summed E-state index contributed by atoms with van der Waals surface area (Å²) in [4.78, 5) is 5.14. The molecule has 2 aliphatic rings. The molecular formula is C24H29ClN2O2. The SMILES string of the molecule is CCOc1ccc(C2=NC(CC3CCCC3)C(c3ccc(Cl)cc3)N2)c(OC)c1. The second kappa shape index (κ2) is 9.08. The van der Waals surface area contributed by atoms with Crippen LogP contribution in [0.1, 0.15) is 56.2 Å². The van der Waals surface area contributed by atoms with Gasteiger partial charge in [-0.3, -0.25) is 4.99 Å². The van der Waals surface area contributed by atoms with Crippen molar-refractivity contribution in [1.82, 2.24) is 5.32 Å². The van der Waals surface area contributed by atoms with Crippen molar-refractivity contribution in [3.63, 3.8) is 0 Å². The van der Waals surface area contributed by atoms with Gasteiger partial charge in [-0.05, 0) is 49.1 Å². The quantitative estimate of drug-likeness (QED) is 0.626. The van der Waals surface area contributed by atoms with Gasteiger partial charge in [0.2, 0.25) is 0 Å². The highest BCUT2D eigenvalue weighted by molar-refractivity contribution is 6.30. The molecule has 2 atom stereocenters. The first-order valence-corrected chi connectivity index (χ1v) is 11.0. The zero-order chi connectivity index (χ0) is 20.2. The number of hydrogen-bond acceptors (Lipinski definition) is 4. The Morgan fingerprint density at radius 2 is 1.86 bits per heavy atom. The standard InChI is InChI=1S/C24H29ClN2O2/c1-3-29-19-12-13-20(22(15-19)28-2)24-26-21(14-16-6-4-5-7-16)23(27-24)17-8-10-18(25)11-9-17/h8-13,15-16,21,23H,3-7,14H2,1-2H3,(H,26,27). The fraction of sp³-hybridized carbons (Fsp3) is 0.458. The smallest absolute Gasteiger partial charge is 0.133 e. The molecule has 29 heavy (non-hydrogen) atoms. The first-order chi connectivity index (χ1) is 14.2. The number of aliphatic imine (C=N–C) groups is 1. The third-order valence-corrected chi connectivity index (χ3v) is 6.24. The first kappa shape index (κ1) is 20.1. The van der Waals surface area contributed by atoms with Gasteiger partial charge >= 0.3 is 0 Å². The molecule has 5 heteroatoms. The molecule has 1 aliphatic heterocycles. The van der Waals surface area contributed by atoms with Crippen LogP contribution in [0, 0.1) is 5.92 Å². The molecule has 1 N–H and O–H groups in total. The Balaban J connectivity index is 1.63. The van der Waals surface area contributed by atoms with Crippen molar-refractivity contribution in [3.8, 4) is 11.5 Å². The average Bonchev–Trinajstić information content (AvgIpc) is 3.39. The Hall–Kier alpha value is -2.20. The van der Waals surface area contributed by atoms with E-state index in [9.17, 15) is 0 Å². The van der Waals surface area contributed by atoms with E-state index in [0.29, 0.717) is 6.61 Å². The van der Waals surface area contributed by atoms with E-state index in [0.717, 1.165) is 40.3 Å². The molecule has 0 aromatic heterocycles. The lowest BCUT2D eigenvalue weighted by Gasteiger charge is -2.22. The Morgan fingerprint density at radius 1 is 1.10 bits per heavy atom. The second-order valence-corrected chi connectivity index (χ2v) is 8.34. The second-order valence-electron chi connectivity index (χ2n) is 7.90. The van der Waals surface area contributed by atoms with Crippen LogP contribution >= 0.6 is 11.6 Å². The van der Waals surface area contributed by atoms with Crippen molar-refractivity contribution < 1.29 is 9.47 Å². The highest BCUT2D eigenvalue weighted by Gasteiger charge is 2.34. The highest BCUT2D eigenvalue weighted by atomic mass is 35.5. The van der Waals surface area contributed by atoms with Crippen LogP contribution < -0.4 is 14.8 Å². The Labute approximate surface area is 178 Å². The minimum Gasteiger partial charge on any atom is -0.496 e. The molecule has 0 saturated heterocycles. The van der Waals surface area contributed by atoms with Crippen molar-refractivity contribution in [2.75, 3.05) is 13.7 Å². The zero-order valence-electron chi connectivity index (χ0n) is 17.2. The van der Waals surface area contributed by atoms with Crippen molar-refractivity contribution >= 4 is 17.4 Å². The topological polar surface area (TPSA) is 42.8 Å². The number of nitrogens with zero attached hydrogens (tertiary/aromatic N) is 1. The molecule has 1 fully saturated rings. The molecule has 4 rings (SSSR count). The lowest BCUT2D eigenvalue weighted by molar-refractivity contribution is 0.336. The van der Waals surface area contributed by atoms with Gasteiger partial charge < -0.3 is 14.8 Å². The number of rotatable bonds is 7. The largest absolute Gasteiger partial charge is 0.496 e. The van der Waals surface area contributed by atoms with Gasteiger partial charge in [-0.2, -0.15) is 0 Å². The summed E-state index contributed by atoms with van der Waals surface area (Å²) in [6.07, 6.45) is 6.45. The minimum absolute atomic E-state index is 0.152. The molecule has 2 aromatic rings. The molecule has 1 saturated carbocycles. The summed E-state index contributed by atoms with van der Waals surface area (Å²) >= 11 is 6.12. The van der Waals surface area contributed by atoms with Gasteiger partial charge in [0.25, 0.3) is 0 Å². The number of amidine groups is 1. The summed E-state index contributed by atoms with van der Waals surface area (Å²) in [6, 6.07) is 14.4. The molecule has 1 aliphatic carbocycles. The highest BCUT2D eigenvalue weighted by Crippen LogP contribution is 2.37. The molecule has 0 amide bonds. The lowest BCUT2D eigenvalue weighted by Crippen LogP contribution is -2.28. The minimum atomic E-state index is 0.152. The summed E-state index contributed by atoms with van der Waals surface area (Å²) in [5, 5.41) is 4.44. The van der Waals surface area contributed by atoms with Crippen LogP contribution in [0.15, 0.2) is 47.5 Å². The van der Waals surface area contributed by atoms with Crippen LogP contribution in [0.25, 0.3) is 0 Å². The summed E-state index contributed by atoms with van der Waals surface area (Å²) in [6.45, 7) is 2.61. The van der Waals surface area contributed by atoms with Crippen molar-refractivity contribution in [2.24, 2.45) is 10.9 Å². The van der Waals surface area contributed by atoms with Crippen LogP contribution in [-0.4, -0.2) is 25.6 Å². The summed E-state index contributed by atoms with van der Waals surface area (Å²) in [5.74, 6) is 3.25. The van der Waals surface area contributed by atoms with Crippen LogP contribution in [0.5, 0.6) is 11.5 Å². The maximum absolute atomic E-state index is 6.12. The van der Waals surface area contributed by atoms with E-state index in [1.165, 1.54) is 31.2 Å². The van der Waals surface area contributed by atoms with Gasteiger partial charge in [0, 0.05) is 11.1 Å². The number of nitrogens with one attached hydrogen (secondary N) is 1. The normalized spacial score (nSPS) is 21.7. The lowest BCUT2D eigenvalue weighted by atomic mass is 9.91. The fourth-order valence-corrected chi connectivity index (χ4v) is 4.67. The maximum atomic E-state index is 6.12. The molecule has 154 valence electrons. The molecule has 0 spiro atoms. The van der Waals surface area contributed by atoms with E-state index in [-0.39, 0.29) is 12.1 Å². The molecule has 4 nitrogen and oxygen atoms in total. The van der Waals surface area contributed by atoms with Crippen molar-refractivity contribution in [3.05, 3.63) is 58.6 Å². The van der Waals surface area contributed by atoms with Crippen LogP contribution in [-0.2, 0) is 0 Å². The van der Waals surface area contributed by atoms with Crippen molar-refractivity contribution in [1.29, 1.82) is 0 Å². The van der Waals surface area contributed by atoms with E-state index < -0.39 is 0 Å². The molecule has 0 bridgehead atoms. The van der Waals surface area contributed by atoms with Crippen LogP contribution in [0.4, 0.5) is 0 Å². The number of methoxy groups -OCH3 is 1. The van der Waals surface area contributed by atoms with E-state index in [2.05, 4.69) is 17.4 Å². The Kier molecular flexibility index (Phi) is 6.29. The molecular weight excluding hydrogens is 384 g/mol. The Morgan fingerprint density at radius 3 is 2.55 bits per heavy atom.